The number of benzene rings is 1. The normalized spacial score (nSPS) is 16.8. The van der Waals surface area contributed by atoms with Crippen LogP contribution < -0.4 is 9.47 Å². The smallest absolute Gasteiger partial charge is 0.164 e. The summed E-state index contributed by atoms with van der Waals surface area (Å²) in [7, 11) is 0. The fourth-order valence-electron chi connectivity index (χ4n) is 1.96. The number of rotatable bonds is 1. The lowest BCUT2D eigenvalue weighted by Crippen LogP contribution is -2.02. The number of aliphatic hydroxyl groups excluding tert-OH is 1. The Hall–Kier alpha value is -0.740. The van der Waals surface area contributed by atoms with E-state index in [1.165, 1.54) is 0 Å². The van der Waals surface area contributed by atoms with Gasteiger partial charge < -0.3 is 14.6 Å². The first-order valence-electron chi connectivity index (χ1n) is 5.38. The van der Waals surface area contributed by atoms with Crippen molar-refractivity contribution < 1.29 is 14.6 Å². The van der Waals surface area contributed by atoms with Gasteiger partial charge >= 0.3 is 0 Å². The molecule has 1 aromatic rings. The van der Waals surface area contributed by atoms with Crippen LogP contribution in [0.15, 0.2) is 10.5 Å². The Morgan fingerprint density at radius 1 is 1.38 bits per heavy atom. The van der Waals surface area contributed by atoms with Gasteiger partial charge in [-0.25, -0.2) is 0 Å². The van der Waals surface area contributed by atoms with Crippen LogP contribution in [0.5, 0.6) is 11.5 Å². The van der Waals surface area contributed by atoms with Gasteiger partial charge in [-0.05, 0) is 19.9 Å². The first-order chi connectivity index (χ1) is 7.61. The Kier molecular flexibility index (Phi) is 3.40. The van der Waals surface area contributed by atoms with Crippen molar-refractivity contribution in [1.82, 2.24) is 0 Å². The second-order valence-electron chi connectivity index (χ2n) is 3.95. The van der Waals surface area contributed by atoms with E-state index in [1.54, 1.807) is 6.92 Å². The zero-order chi connectivity index (χ0) is 11.7. The second-order valence-corrected chi connectivity index (χ2v) is 4.81. The van der Waals surface area contributed by atoms with Crippen molar-refractivity contribution in [1.29, 1.82) is 0 Å². The van der Waals surface area contributed by atoms with E-state index in [2.05, 4.69) is 15.9 Å². The Balaban J connectivity index is 2.56. The van der Waals surface area contributed by atoms with Gasteiger partial charge in [0.2, 0.25) is 0 Å². The molecule has 4 heteroatoms. The summed E-state index contributed by atoms with van der Waals surface area (Å²) in [6.45, 7) is 5.03. The summed E-state index contributed by atoms with van der Waals surface area (Å²) in [5.41, 5.74) is 1.81. The number of halogens is 1. The number of aliphatic hydroxyl groups is 1. The van der Waals surface area contributed by atoms with Gasteiger partial charge in [-0.1, -0.05) is 15.9 Å². The van der Waals surface area contributed by atoms with Gasteiger partial charge in [0, 0.05) is 22.0 Å². The van der Waals surface area contributed by atoms with Gasteiger partial charge in [0.1, 0.15) is 0 Å². The van der Waals surface area contributed by atoms with Crippen LogP contribution in [-0.2, 0) is 0 Å². The zero-order valence-electron chi connectivity index (χ0n) is 9.42. The van der Waals surface area contributed by atoms with Crippen molar-refractivity contribution in [3.8, 4) is 11.5 Å². The maximum absolute atomic E-state index is 9.73. The van der Waals surface area contributed by atoms with Crippen molar-refractivity contribution in [3.63, 3.8) is 0 Å². The minimum absolute atomic E-state index is 0.522. The Bertz CT molecular complexity index is 402. The fourth-order valence-corrected chi connectivity index (χ4v) is 2.80. The molecular formula is C12H15BrO3. The van der Waals surface area contributed by atoms with Crippen LogP contribution in [0.4, 0.5) is 0 Å². The van der Waals surface area contributed by atoms with Gasteiger partial charge in [0.05, 0.1) is 19.3 Å². The molecule has 1 aromatic carbocycles. The second kappa shape index (κ2) is 4.63. The summed E-state index contributed by atoms with van der Waals surface area (Å²) in [6.07, 6.45) is 0.363. The predicted octanol–water partition coefficient (Wildman–Crippen LogP) is 2.97. The van der Waals surface area contributed by atoms with E-state index in [9.17, 15) is 5.11 Å². The van der Waals surface area contributed by atoms with Crippen molar-refractivity contribution in [3.05, 3.63) is 21.7 Å². The molecular weight excluding hydrogens is 272 g/mol. The quantitative estimate of drug-likeness (QED) is 0.863. The average Bonchev–Trinajstić information content (AvgIpc) is 2.42. The highest BCUT2D eigenvalue weighted by atomic mass is 79.9. The standard InChI is InChI=1S/C12H15BrO3/c1-7-11(8(2)14)9(13)6-10-12(7)16-5-3-4-15-10/h6,8,14H,3-5H2,1-2H3. The van der Waals surface area contributed by atoms with Crippen LogP contribution >= 0.6 is 15.9 Å². The van der Waals surface area contributed by atoms with Crippen LogP contribution in [0.25, 0.3) is 0 Å². The highest BCUT2D eigenvalue weighted by molar-refractivity contribution is 9.10. The van der Waals surface area contributed by atoms with Gasteiger partial charge in [-0.3, -0.25) is 0 Å². The molecule has 0 spiro atoms. The highest BCUT2D eigenvalue weighted by Crippen LogP contribution is 2.41. The molecule has 0 aliphatic carbocycles. The molecule has 3 nitrogen and oxygen atoms in total. The third-order valence-corrected chi connectivity index (χ3v) is 3.35. The number of hydrogen-bond acceptors (Lipinski definition) is 3. The van der Waals surface area contributed by atoms with Crippen LogP contribution in [0.3, 0.4) is 0 Å². The first kappa shape index (κ1) is 11.7. The molecule has 1 unspecified atom stereocenters. The van der Waals surface area contributed by atoms with Crippen LogP contribution in [0.2, 0.25) is 0 Å². The molecule has 0 aromatic heterocycles. The molecule has 16 heavy (non-hydrogen) atoms. The lowest BCUT2D eigenvalue weighted by molar-refractivity contribution is 0.196. The van der Waals surface area contributed by atoms with Gasteiger partial charge in [-0.2, -0.15) is 0 Å². The number of ether oxygens (including phenoxy) is 2. The largest absolute Gasteiger partial charge is 0.490 e. The summed E-state index contributed by atoms with van der Waals surface area (Å²) in [5, 5.41) is 9.73. The van der Waals surface area contributed by atoms with E-state index in [-0.39, 0.29) is 0 Å². The molecule has 88 valence electrons. The van der Waals surface area contributed by atoms with E-state index in [0.29, 0.717) is 13.2 Å². The van der Waals surface area contributed by atoms with Gasteiger partial charge in [0.15, 0.2) is 11.5 Å². The van der Waals surface area contributed by atoms with Crippen LogP contribution in [0.1, 0.15) is 30.6 Å². The number of fused-ring (bicyclic) bond motifs is 1. The minimum Gasteiger partial charge on any atom is -0.490 e. The van der Waals surface area contributed by atoms with Gasteiger partial charge in [-0.15, -0.1) is 0 Å². The summed E-state index contributed by atoms with van der Waals surface area (Å²) in [5.74, 6) is 1.52. The molecule has 2 rings (SSSR count). The molecule has 1 aliphatic rings. The molecule has 0 saturated carbocycles. The Morgan fingerprint density at radius 3 is 2.75 bits per heavy atom. The van der Waals surface area contributed by atoms with Crippen LogP contribution in [0, 0.1) is 6.92 Å². The SMILES string of the molecule is Cc1c2c(cc(Br)c1C(C)O)OCCCO2. The molecule has 0 bridgehead atoms. The molecule has 1 atom stereocenters. The maximum Gasteiger partial charge on any atom is 0.164 e. The van der Waals surface area contributed by atoms with E-state index in [1.807, 2.05) is 13.0 Å². The molecule has 0 fully saturated rings. The Morgan fingerprint density at radius 2 is 2.06 bits per heavy atom. The first-order valence-corrected chi connectivity index (χ1v) is 6.17. The Labute approximate surface area is 104 Å². The lowest BCUT2D eigenvalue weighted by Gasteiger charge is -2.17. The summed E-state index contributed by atoms with van der Waals surface area (Å²) < 4.78 is 12.1. The zero-order valence-corrected chi connectivity index (χ0v) is 11.0. The van der Waals surface area contributed by atoms with Crippen molar-refractivity contribution in [2.45, 2.75) is 26.4 Å². The minimum atomic E-state index is -0.522. The third kappa shape index (κ3) is 2.04. The monoisotopic (exact) mass is 286 g/mol. The molecule has 1 heterocycles. The van der Waals surface area contributed by atoms with Crippen molar-refractivity contribution in [2.24, 2.45) is 0 Å². The molecule has 1 N–H and O–H groups in total. The highest BCUT2D eigenvalue weighted by Gasteiger charge is 2.20. The molecule has 1 aliphatic heterocycles. The number of hydrogen-bond donors (Lipinski definition) is 1. The van der Waals surface area contributed by atoms with E-state index in [0.717, 1.165) is 33.5 Å². The summed E-state index contributed by atoms with van der Waals surface area (Å²) in [4.78, 5) is 0. The molecule has 0 saturated heterocycles. The predicted molar refractivity (Wildman–Crippen MR) is 65.1 cm³/mol. The van der Waals surface area contributed by atoms with Crippen molar-refractivity contribution >= 4 is 15.9 Å². The molecule has 0 radical (unpaired) electrons. The van der Waals surface area contributed by atoms with E-state index < -0.39 is 6.10 Å². The third-order valence-electron chi connectivity index (χ3n) is 2.69. The molecule has 0 amide bonds. The topological polar surface area (TPSA) is 38.7 Å². The van der Waals surface area contributed by atoms with E-state index in [4.69, 9.17) is 9.47 Å². The van der Waals surface area contributed by atoms with Gasteiger partial charge in [0.25, 0.3) is 0 Å². The summed E-state index contributed by atoms with van der Waals surface area (Å²) in [6, 6.07) is 1.87. The fraction of sp³-hybridized carbons (Fsp3) is 0.500. The van der Waals surface area contributed by atoms with Crippen LogP contribution in [-0.4, -0.2) is 18.3 Å². The lowest BCUT2D eigenvalue weighted by atomic mass is 10.0. The van der Waals surface area contributed by atoms with E-state index >= 15 is 0 Å². The average molecular weight is 287 g/mol. The maximum atomic E-state index is 9.73. The van der Waals surface area contributed by atoms with Crippen molar-refractivity contribution in [2.75, 3.05) is 13.2 Å². The summed E-state index contributed by atoms with van der Waals surface area (Å²) >= 11 is 3.46.